The molecule has 5 aromatic rings. The van der Waals surface area contributed by atoms with Gasteiger partial charge >= 0.3 is 11.9 Å². The summed E-state index contributed by atoms with van der Waals surface area (Å²) in [6.07, 6.45) is 1.18. The number of carboxylic acids is 2. The van der Waals surface area contributed by atoms with Crippen LogP contribution in [0.15, 0.2) is 97.6 Å². The first-order valence-corrected chi connectivity index (χ1v) is 21.6. The number of aliphatic hydroxyl groups is 2. The molecule has 8 atom stereocenters. The van der Waals surface area contributed by atoms with E-state index in [1.807, 2.05) is 24.3 Å². The standard InChI is InChI=1S/C46H54N10O13/c1-24(58)39(56-44(66)35(18-28-21-48-23-50-28)51-40(62)31(47)17-27-20-49-32-10-6-5-9-30(27)32)45(67)54-34(15-25-7-3-2-4-8-25)41(63)53-36(19-38(60)61)43(65)52-33(16-26-11-13-29(59)14-12-26)42(64)55-37(22-57)46(68)69/h2-14,20-21,23-24,31,33-37,39,49,57-59H,15-19,22,47H2,1H3,(H,48,50)(H,51,62)(H,52,65)(H,53,63)(H,54,67)(H,55,64)(H,56,66)(H,60,61)(H,68,69). The third kappa shape index (κ3) is 15.2. The largest absolute Gasteiger partial charge is 0.508 e. The van der Waals surface area contributed by atoms with Crippen LogP contribution in [0.4, 0.5) is 0 Å². The molecule has 8 unspecified atom stereocenters. The highest BCUT2D eigenvalue weighted by Crippen LogP contribution is 2.19. The zero-order chi connectivity index (χ0) is 50.2. The number of benzene rings is 3. The van der Waals surface area contributed by atoms with E-state index in [-0.39, 0.29) is 31.4 Å². The number of fused-ring (bicyclic) bond motifs is 1. The first-order chi connectivity index (χ1) is 32.9. The molecule has 3 aromatic carbocycles. The minimum atomic E-state index is -1.92. The van der Waals surface area contributed by atoms with Gasteiger partial charge in [0, 0.05) is 48.3 Å². The van der Waals surface area contributed by atoms with Gasteiger partial charge in [0.1, 0.15) is 42.0 Å². The number of carboxylic acid groups (broad SMARTS) is 2. The van der Waals surface area contributed by atoms with Crippen LogP contribution in [0.2, 0.25) is 0 Å². The fraction of sp³-hybridized carbons (Fsp3) is 0.326. The molecule has 2 aromatic heterocycles. The van der Waals surface area contributed by atoms with E-state index < -0.39 is 109 Å². The van der Waals surface area contributed by atoms with E-state index >= 15 is 0 Å². The number of aliphatic carboxylic acids is 2. The lowest BCUT2D eigenvalue weighted by Gasteiger charge is -2.28. The molecule has 0 aliphatic carbocycles. The van der Waals surface area contributed by atoms with Crippen LogP contribution < -0.4 is 37.6 Å². The number of imidazole rings is 1. The molecule has 0 fully saturated rings. The van der Waals surface area contributed by atoms with E-state index in [2.05, 4.69) is 46.9 Å². The van der Waals surface area contributed by atoms with Crippen molar-refractivity contribution in [3.63, 3.8) is 0 Å². The van der Waals surface area contributed by atoms with Crippen LogP contribution in [-0.4, -0.2) is 143 Å². The zero-order valence-corrected chi connectivity index (χ0v) is 37.1. The van der Waals surface area contributed by atoms with E-state index in [4.69, 9.17) is 5.73 Å². The number of carbonyl (C=O) groups is 8. The smallest absolute Gasteiger partial charge is 0.328 e. The fourth-order valence-corrected chi connectivity index (χ4v) is 7.18. The third-order valence-corrected chi connectivity index (χ3v) is 10.9. The Bertz CT molecular complexity index is 2570. The summed E-state index contributed by atoms with van der Waals surface area (Å²) < 4.78 is 0. The van der Waals surface area contributed by atoms with Crippen molar-refractivity contribution < 1.29 is 63.9 Å². The van der Waals surface area contributed by atoms with Crippen molar-refractivity contribution >= 4 is 58.3 Å². The average molecular weight is 955 g/mol. The fourth-order valence-electron chi connectivity index (χ4n) is 7.18. The number of rotatable bonds is 25. The SMILES string of the molecule is CC(O)C(NC(=O)C(Cc1cnc[nH]1)NC(=O)C(N)Cc1c[nH]c2ccccc12)C(=O)NC(Cc1ccccc1)C(=O)NC(CC(=O)O)C(=O)NC(Cc1ccc(O)cc1)C(=O)NC(CO)C(=O)O. The summed E-state index contributed by atoms with van der Waals surface area (Å²) >= 11 is 0. The van der Waals surface area contributed by atoms with Gasteiger partial charge in [-0.2, -0.15) is 0 Å². The number of para-hydroxylation sites is 1. The number of aromatic nitrogens is 3. The number of nitrogens with zero attached hydrogens (tertiary/aromatic N) is 1. The Morgan fingerprint density at radius 1 is 0.623 bits per heavy atom. The maximum Gasteiger partial charge on any atom is 0.328 e. The van der Waals surface area contributed by atoms with Crippen LogP contribution in [0, 0.1) is 0 Å². The van der Waals surface area contributed by atoms with Gasteiger partial charge in [0.05, 0.1) is 31.5 Å². The highest BCUT2D eigenvalue weighted by molar-refractivity contribution is 5.98. The molecular formula is C46H54N10O13. The normalized spacial score (nSPS) is 14.6. The molecule has 15 N–H and O–H groups in total. The van der Waals surface area contributed by atoms with Crippen molar-refractivity contribution in [1.82, 2.24) is 46.9 Å². The van der Waals surface area contributed by atoms with Gasteiger partial charge in [0.25, 0.3) is 0 Å². The van der Waals surface area contributed by atoms with Gasteiger partial charge in [0.2, 0.25) is 35.4 Å². The van der Waals surface area contributed by atoms with Crippen LogP contribution in [-0.2, 0) is 64.0 Å². The van der Waals surface area contributed by atoms with Crippen molar-refractivity contribution in [1.29, 1.82) is 0 Å². The summed E-state index contributed by atoms with van der Waals surface area (Å²) in [5.41, 5.74) is 9.15. The summed E-state index contributed by atoms with van der Waals surface area (Å²) in [5.74, 6) is -9.46. The molecule has 0 bridgehead atoms. The number of amides is 6. The number of aliphatic hydroxyl groups excluding tert-OH is 2. The predicted octanol–water partition coefficient (Wildman–Crippen LogP) is -1.96. The summed E-state index contributed by atoms with van der Waals surface area (Å²) in [5, 5.41) is 64.4. The van der Waals surface area contributed by atoms with Gasteiger partial charge in [-0.1, -0.05) is 60.7 Å². The molecule has 0 spiro atoms. The lowest BCUT2D eigenvalue weighted by Crippen LogP contribution is -2.62. The monoisotopic (exact) mass is 954 g/mol. The minimum Gasteiger partial charge on any atom is -0.508 e. The maximum atomic E-state index is 14.1. The van der Waals surface area contributed by atoms with Crippen molar-refractivity contribution in [3.8, 4) is 5.75 Å². The van der Waals surface area contributed by atoms with E-state index in [0.29, 0.717) is 16.8 Å². The van der Waals surface area contributed by atoms with Gasteiger partial charge < -0.3 is 73.1 Å². The first-order valence-electron chi connectivity index (χ1n) is 21.6. The number of phenolic OH excluding ortho intramolecular Hbond substituents is 1. The Kier molecular flexibility index (Phi) is 18.5. The second-order valence-electron chi connectivity index (χ2n) is 16.2. The van der Waals surface area contributed by atoms with Crippen LogP contribution in [0.3, 0.4) is 0 Å². The van der Waals surface area contributed by atoms with E-state index in [1.54, 1.807) is 36.5 Å². The van der Waals surface area contributed by atoms with Crippen LogP contribution in [0.25, 0.3) is 10.9 Å². The molecular weight excluding hydrogens is 901 g/mol. The predicted molar refractivity (Wildman–Crippen MR) is 244 cm³/mol. The molecule has 0 saturated carbocycles. The first kappa shape index (κ1) is 51.8. The quantitative estimate of drug-likeness (QED) is 0.0302. The second-order valence-corrected chi connectivity index (χ2v) is 16.2. The van der Waals surface area contributed by atoms with E-state index in [1.165, 1.54) is 43.7 Å². The number of aromatic hydroxyl groups is 1. The number of hydrogen-bond acceptors (Lipinski definition) is 13. The summed E-state index contributed by atoms with van der Waals surface area (Å²) in [4.78, 5) is 116. The zero-order valence-electron chi connectivity index (χ0n) is 37.1. The molecule has 0 aliphatic heterocycles. The third-order valence-electron chi connectivity index (χ3n) is 10.9. The van der Waals surface area contributed by atoms with Crippen LogP contribution >= 0.6 is 0 Å². The molecule has 23 heteroatoms. The van der Waals surface area contributed by atoms with Crippen molar-refractivity contribution in [3.05, 3.63) is 120 Å². The van der Waals surface area contributed by atoms with Crippen molar-refractivity contribution in [2.75, 3.05) is 6.61 Å². The van der Waals surface area contributed by atoms with E-state index in [0.717, 1.165) is 16.5 Å². The Hall–Kier alpha value is -8.15. The number of H-pyrrole nitrogens is 2. The van der Waals surface area contributed by atoms with Crippen LogP contribution in [0.5, 0.6) is 5.75 Å². The highest BCUT2D eigenvalue weighted by atomic mass is 16.4. The summed E-state index contributed by atoms with van der Waals surface area (Å²) in [6, 6.07) is 9.74. The molecule has 366 valence electrons. The lowest BCUT2D eigenvalue weighted by atomic mass is 10.0. The minimum absolute atomic E-state index is 0.0976. The molecule has 69 heavy (non-hydrogen) atoms. The Morgan fingerprint density at radius 3 is 1.75 bits per heavy atom. The Labute approximate surface area is 393 Å². The number of phenols is 1. The number of nitrogens with two attached hydrogens (primary N) is 1. The second kappa shape index (κ2) is 24.6. The molecule has 0 aliphatic rings. The van der Waals surface area contributed by atoms with Crippen LogP contribution in [0.1, 0.15) is 35.7 Å². The molecule has 0 radical (unpaired) electrons. The average Bonchev–Trinajstić information content (AvgIpc) is 3.99. The molecule has 23 nitrogen and oxygen atoms in total. The van der Waals surface area contributed by atoms with Gasteiger partial charge in [-0.15, -0.1) is 0 Å². The number of nitrogens with one attached hydrogen (secondary N) is 8. The molecule has 5 rings (SSSR count). The summed E-state index contributed by atoms with van der Waals surface area (Å²) in [6.45, 7) is 0.171. The molecule has 2 heterocycles. The lowest BCUT2D eigenvalue weighted by molar-refractivity contribution is -0.144. The Balaban J connectivity index is 1.35. The molecule has 0 saturated heterocycles. The highest BCUT2D eigenvalue weighted by Gasteiger charge is 2.36. The summed E-state index contributed by atoms with van der Waals surface area (Å²) in [7, 11) is 0. The van der Waals surface area contributed by atoms with Gasteiger partial charge in [-0.05, 0) is 48.2 Å². The van der Waals surface area contributed by atoms with Gasteiger partial charge in [-0.3, -0.25) is 33.6 Å². The Morgan fingerprint density at radius 2 is 1.16 bits per heavy atom. The topological polar surface area (TPSA) is 380 Å². The van der Waals surface area contributed by atoms with Gasteiger partial charge in [-0.25, -0.2) is 9.78 Å². The van der Waals surface area contributed by atoms with Crippen molar-refractivity contribution in [2.24, 2.45) is 5.73 Å². The van der Waals surface area contributed by atoms with Gasteiger partial charge in [0.15, 0.2) is 0 Å². The number of hydrogen-bond donors (Lipinski definition) is 14. The number of aromatic amines is 2. The number of carbonyl (C=O) groups excluding carboxylic acids is 6. The maximum absolute atomic E-state index is 14.1. The van der Waals surface area contributed by atoms with Crippen molar-refractivity contribution in [2.45, 2.75) is 87.4 Å². The van der Waals surface area contributed by atoms with E-state index in [9.17, 15) is 63.9 Å². The molecule has 6 amide bonds.